The van der Waals surface area contributed by atoms with Crippen molar-refractivity contribution in [1.82, 2.24) is 5.32 Å². The zero-order valence-electron chi connectivity index (χ0n) is 11.1. The second kappa shape index (κ2) is 5.45. The van der Waals surface area contributed by atoms with E-state index in [9.17, 15) is 8.42 Å². The van der Waals surface area contributed by atoms with E-state index in [0.717, 1.165) is 25.7 Å². The largest absolute Gasteiger partial charge is 0.348 e. The van der Waals surface area contributed by atoms with Gasteiger partial charge < -0.3 is 14.8 Å². The molecular formula is C12H23NO4S. The monoisotopic (exact) mass is 277 g/mol. The first-order chi connectivity index (χ1) is 8.39. The third kappa shape index (κ3) is 3.91. The summed E-state index contributed by atoms with van der Waals surface area (Å²) in [4.78, 5) is 0. The molecule has 1 aliphatic carbocycles. The third-order valence-corrected chi connectivity index (χ3v) is 4.74. The van der Waals surface area contributed by atoms with Crippen LogP contribution in [0.3, 0.4) is 0 Å². The Hall–Kier alpha value is -0.170. The second-order valence-corrected chi connectivity index (χ2v) is 7.73. The van der Waals surface area contributed by atoms with Crippen molar-refractivity contribution in [3.8, 4) is 0 Å². The first kappa shape index (κ1) is 14.2. The van der Waals surface area contributed by atoms with Gasteiger partial charge in [0.05, 0.1) is 19.0 Å². The van der Waals surface area contributed by atoms with Crippen LogP contribution in [-0.4, -0.2) is 51.5 Å². The van der Waals surface area contributed by atoms with Crippen LogP contribution in [0.5, 0.6) is 0 Å². The second-order valence-electron chi connectivity index (χ2n) is 5.54. The molecule has 1 saturated heterocycles. The Morgan fingerprint density at radius 1 is 1.28 bits per heavy atom. The van der Waals surface area contributed by atoms with Gasteiger partial charge in [0.1, 0.15) is 9.84 Å². The third-order valence-electron chi connectivity index (χ3n) is 3.63. The highest BCUT2D eigenvalue weighted by molar-refractivity contribution is 7.90. The molecule has 2 aliphatic rings. The molecule has 1 N–H and O–H groups in total. The van der Waals surface area contributed by atoms with Gasteiger partial charge in [-0.1, -0.05) is 0 Å². The Morgan fingerprint density at radius 2 is 1.83 bits per heavy atom. The summed E-state index contributed by atoms with van der Waals surface area (Å²) >= 11 is 0. The Kier molecular flexibility index (Phi) is 4.31. The number of hydrogen-bond donors (Lipinski definition) is 1. The van der Waals surface area contributed by atoms with Crippen molar-refractivity contribution in [2.45, 2.75) is 50.5 Å². The van der Waals surface area contributed by atoms with E-state index in [2.05, 4.69) is 5.32 Å². The molecule has 18 heavy (non-hydrogen) atoms. The van der Waals surface area contributed by atoms with Crippen molar-refractivity contribution in [1.29, 1.82) is 0 Å². The van der Waals surface area contributed by atoms with Gasteiger partial charge in [0.25, 0.3) is 0 Å². The number of ether oxygens (including phenoxy) is 2. The maximum Gasteiger partial charge on any atom is 0.168 e. The van der Waals surface area contributed by atoms with E-state index in [0.29, 0.717) is 19.3 Å². The summed E-state index contributed by atoms with van der Waals surface area (Å²) in [6.07, 6.45) is 5.04. The first-order valence-corrected chi connectivity index (χ1v) is 8.66. The molecule has 5 nitrogen and oxygen atoms in total. The van der Waals surface area contributed by atoms with Crippen molar-refractivity contribution in [2.24, 2.45) is 0 Å². The quantitative estimate of drug-likeness (QED) is 0.819. The first-order valence-electron chi connectivity index (χ1n) is 6.60. The lowest BCUT2D eigenvalue weighted by Crippen LogP contribution is -2.46. The molecule has 6 heteroatoms. The molecule has 106 valence electrons. The maximum absolute atomic E-state index is 11.2. The minimum Gasteiger partial charge on any atom is -0.348 e. The van der Waals surface area contributed by atoms with Gasteiger partial charge in [0, 0.05) is 31.2 Å². The van der Waals surface area contributed by atoms with E-state index in [-0.39, 0.29) is 17.6 Å². The van der Waals surface area contributed by atoms with Gasteiger partial charge in [-0.15, -0.1) is 0 Å². The molecule has 1 heterocycles. The highest BCUT2D eigenvalue weighted by Gasteiger charge is 2.40. The molecule has 2 fully saturated rings. The number of rotatable bonds is 4. The van der Waals surface area contributed by atoms with Gasteiger partial charge in [-0.2, -0.15) is 0 Å². The maximum atomic E-state index is 11.2. The van der Waals surface area contributed by atoms with E-state index in [1.807, 2.05) is 6.92 Å². The Labute approximate surface area is 109 Å². The molecule has 0 aromatic heterocycles. The van der Waals surface area contributed by atoms with Crippen LogP contribution in [-0.2, 0) is 19.3 Å². The summed E-state index contributed by atoms with van der Waals surface area (Å²) in [5, 5.41) is 3.39. The predicted octanol–water partition coefficient (Wildman–Crippen LogP) is 0.695. The standard InChI is InChI=1S/C12H23NO4S/c1-10(9-18(2,14)15)13-11-3-5-12(6-4-11)16-7-8-17-12/h10-11,13H,3-9H2,1-2H3. The van der Waals surface area contributed by atoms with E-state index < -0.39 is 9.84 Å². The highest BCUT2D eigenvalue weighted by atomic mass is 32.2. The average Bonchev–Trinajstić information content (AvgIpc) is 2.68. The smallest absolute Gasteiger partial charge is 0.168 e. The summed E-state index contributed by atoms with van der Waals surface area (Å²) in [6, 6.07) is 0.379. The fourth-order valence-corrected chi connectivity index (χ4v) is 3.92. The highest BCUT2D eigenvalue weighted by Crippen LogP contribution is 2.35. The van der Waals surface area contributed by atoms with Crippen molar-refractivity contribution >= 4 is 9.84 Å². The lowest BCUT2D eigenvalue weighted by molar-refractivity contribution is -0.179. The van der Waals surface area contributed by atoms with Crippen LogP contribution in [0.25, 0.3) is 0 Å². The molecule has 0 radical (unpaired) electrons. The van der Waals surface area contributed by atoms with Gasteiger partial charge in [0.2, 0.25) is 0 Å². The Morgan fingerprint density at radius 3 is 2.33 bits per heavy atom. The molecule has 1 atom stereocenters. The van der Waals surface area contributed by atoms with E-state index in [1.54, 1.807) is 0 Å². The summed E-state index contributed by atoms with van der Waals surface area (Å²) < 4.78 is 33.8. The minimum atomic E-state index is -2.91. The number of hydrogen-bond acceptors (Lipinski definition) is 5. The summed E-state index contributed by atoms with van der Waals surface area (Å²) in [7, 11) is -2.91. The van der Waals surface area contributed by atoms with Gasteiger partial charge in [0.15, 0.2) is 5.79 Å². The van der Waals surface area contributed by atoms with E-state index in [1.165, 1.54) is 6.26 Å². The van der Waals surface area contributed by atoms with Gasteiger partial charge in [-0.25, -0.2) is 8.42 Å². The van der Waals surface area contributed by atoms with Crippen LogP contribution >= 0.6 is 0 Å². The summed E-state index contributed by atoms with van der Waals surface area (Å²) in [6.45, 7) is 3.32. The van der Waals surface area contributed by atoms with Crippen molar-refractivity contribution in [2.75, 3.05) is 25.2 Å². The number of nitrogens with one attached hydrogen (secondary N) is 1. The molecule has 2 rings (SSSR count). The predicted molar refractivity (Wildman–Crippen MR) is 69.2 cm³/mol. The minimum absolute atomic E-state index is 0.00413. The average molecular weight is 277 g/mol. The van der Waals surface area contributed by atoms with Crippen LogP contribution in [0.1, 0.15) is 32.6 Å². The van der Waals surface area contributed by atoms with Crippen molar-refractivity contribution in [3.63, 3.8) is 0 Å². The summed E-state index contributed by atoms with van der Waals surface area (Å²) in [5.41, 5.74) is 0. The fraction of sp³-hybridized carbons (Fsp3) is 1.00. The number of sulfone groups is 1. The van der Waals surface area contributed by atoms with Crippen LogP contribution < -0.4 is 5.32 Å². The lowest BCUT2D eigenvalue weighted by Gasteiger charge is -2.36. The van der Waals surface area contributed by atoms with E-state index in [4.69, 9.17) is 9.47 Å². The van der Waals surface area contributed by atoms with E-state index >= 15 is 0 Å². The topological polar surface area (TPSA) is 64.6 Å². The molecule has 0 amide bonds. The Balaban J connectivity index is 1.76. The van der Waals surface area contributed by atoms with Gasteiger partial charge >= 0.3 is 0 Å². The molecule has 0 aromatic carbocycles. The van der Waals surface area contributed by atoms with Crippen LogP contribution in [0.15, 0.2) is 0 Å². The molecule has 1 saturated carbocycles. The summed E-state index contributed by atoms with van der Waals surface area (Å²) in [5.74, 6) is -0.139. The molecule has 1 unspecified atom stereocenters. The zero-order valence-corrected chi connectivity index (χ0v) is 12.0. The molecule has 1 aliphatic heterocycles. The zero-order chi connectivity index (χ0) is 13.2. The van der Waals surface area contributed by atoms with Crippen molar-refractivity contribution < 1.29 is 17.9 Å². The van der Waals surface area contributed by atoms with Crippen LogP contribution in [0.4, 0.5) is 0 Å². The molecule has 0 bridgehead atoms. The van der Waals surface area contributed by atoms with Crippen LogP contribution in [0.2, 0.25) is 0 Å². The fourth-order valence-electron chi connectivity index (χ4n) is 2.91. The van der Waals surface area contributed by atoms with Crippen LogP contribution in [0, 0.1) is 0 Å². The molecular weight excluding hydrogens is 254 g/mol. The van der Waals surface area contributed by atoms with Gasteiger partial charge in [-0.3, -0.25) is 0 Å². The normalized spacial score (nSPS) is 26.6. The lowest BCUT2D eigenvalue weighted by atomic mass is 9.90. The SMILES string of the molecule is CC(CS(C)(=O)=O)NC1CCC2(CC1)OCCO2. The Bertz CT molecular complexity index is 366. The van der Waals surface area contributed by atoms with Gasteiger partial charge in [-0.05, 0) is 19.8 Å². The van der Waals surface area contributed by atoms with Crippen molar-refractivity contribution in [3.05, 3.63) is 0 Å². The molecule has 1 spiro atoms. The molecule has 0 aromatic rings.